The molecule has 1 fully saturated rings. The summed E-state index contributed by atoms with van der Waals surface area (Å²) in [7, 11) is -3.38. The molecule has 0 spiro atoms. The van der Waals surface area contributed by atoms with E-state index in [1.54, 1.807) is 12.1 Å². The first kappa shape index (κ1) is 22.4. The summed E-state index contributed by atoms with van der Waals surface area (Å²) in [5.41, 5.74) is 2.87. The molecule has 0 aromatic heterocycles. The molecule has 2 aromatic rings. The number of hydrogen-bond acceptors (Lipinski definition) is 3. The molecule has 5 nitrogen and oxygen atoms in total. The van der Waals surface area contributed by atoms with Crippen LogP contribution in [0, 0.1) is 18.7 Å². The lowest BCUT2D eigenvalue weighted by Crippen LogP contribution is -2.43. The van der Waals surface area contributed by atoms with Crippen molar-refractivity contribution in [2.45, 2.75) is 38.4 Å². The van der Waals surface area contributed by atoms with Crippen LogP contribution >= 0.6 is 0 Å². The summed E-state index contributed by atoms with van der Waals surface area (Å²) >= 11 is 0. The van der Waals surface area contributed by atoms with Gasteiger partial charge in [-0.05, 0) is 55.9 Å². The Balaban J connectivity index is 1.40. The first-order chi connectivity index (χ1) is 14.3. The lowest BCUT2D eigenvalue weighted by molar-refractivity contribution is -0.126. The third-order valence-electron chi connectivity index (χ3n) is 5.50. The molecule has 30 heavy (non-hydrogen) atoms. The summed E-state index contributed by atoms with van der Waals surface area (Å²) < 4.78 is 39.8. The van der Waals surface area contributed by atoms with Crippen LogP contribution in [0.25, 0.3) is 0 Å². The summed E-state index contributed by atoms with van der Waals surface area (Å²) in [6.45, 7) is 3.26. The quantitative estimate of drug-likeness (QED) is 0.650. The topological polar surface area (TPSA) is 66.5 Å². The molecule has 162 valence electrons. The predicted octanol–water partition coefficient (Wildman–Crippen LogP) is 3.42. The molecule has 0 radical (unpaired) electrons. The number of rotatable bonds is 8. The zero-order valence-corrected chi connectivity index (χ0v) is 18.1. The summed E-state index contributed by atoms with van der Waals surface area (Å²) in [4.78, 5) is 12.4. The van der Waals surface area contributed by atoms with Gasteiger partial charge >= 0.3 is 0 Å². The number of aryl methyl sites for hydroxylation is 2. The molecule has 7 heteroatoms. The average Bonchev–Trinajstić information content (AvgIpc) is 2.72. The minimum Gasteiger partial charge on any atom is -0.356 e. The van der Waals surface area contributed by atoms with Gasteiger partial charge in [0.15, 0.2) is 0 Å². The lowest BCUT2D eigenvalue weighted by atomic mass is 9.97. The van der Waals surface area contributed by atoms with E-state index >= 15 is 0 Å². The highest BCUT2D eigenvalue weighted by Crippen LogP contribution is 2.22. The van der Waals surface area contributed by atoms with E-state index < -0.39 is 10.0 Å². The minimum absolute atomic E-state index is 0.00503. The van der Waals surface area contributed by atoms with Gasteiger partial charge in [-0.25, -0.2) is 17.1 Å². The zero-order chi connectivity index (χ0) is 21.6. The number of piperidine rings is 1. The second-order valence-corrected chi connectivity index (χ2v) is 9.91. The molecule has 1 amide bonds. The van der Waals surface area contributed by atoms with E-state index in [1.165, 1.54) is 16.4 Å². The van der Waals surface area contributed by atoms with Crippen LogP contribution in [-0.2, 0) is 27.0 Å². The maximum absolute atomic E-state index is 12.9. The Kier molecular flexibility index (Phi) is 7.61. The van der Waals surface area contributed by atoms with Crippen LogP contribution in [0.1, 0.15) is 36.0 Å². The van der Waals surface area contributed by atoms with Crippen molar-refractivity contribution >= 4 is 15.9 Å². The number of carbonyl (C=O) groups excluding carboxylic acids is 1. The van der Waals surface area contributed by atoms with Crippen molar-refractivity contribution in [3.8, 4) is 0 Å². The van der Waals surface area contributed by atoms with Gasteiger partial charge in [0.2, 0.25) is 15.9 Å². The highest BCUT2D eigenvalue weighted by molar-refractivity contribution is 7.88. The highest BCUT2D eigenvalue weighted by atomic mass is 32.2. The number of sulfonamides is 1. The standard InChI is InChI=1S/C23H29FN2O3S/c1-18-4-2-5-20(16-18)17-30(28,29)26-14-11-21(12-15-26)23(27)25-13-3-6-19-7-9-22(24)10-8-19/h2,4-5,7-10,16,21H,3,6,11-15,17H2,1H3,(H,25,27). The Morgan fingerprint density at radius 1 is 1.10 bits per heavy atom. The fraction of sp³-hybridized carbons (Fsp3) is 0.435. The van der Waals surface area contributed by atoms with Gasteiger partial charge in [0, 0.05) is 25.6 Å². The van der Waals surface area contributed by atoms with E-state index in [0.29, 0.717) is 32.5 Å². The number of nitrogens with one attached hydrogen (secondary N) is 1. The predicted molar refractivity (Wildman–Crippen MR) is 116 cm³/mol. The van der Waals surface area contributed by atoms with Crippen LogP contribution in [0.4, 0.5) is 4.39 Å². The molecule has 0 aliphatic carbocycles. The molecule has 0 bridgehead atoms. The van der Waals surface area contributed by atoms with Gasteiger partial charge in [-0.2, -0.15) is 0 Å². The van der Waals surface area contributed by atoms with Crippen molar-refractivity contribution < 1.29 is 17.6 Å². The first-order valence-corrected chi connectivity index (χ1v) is 12.0. The third-order valence-corrected chi connectivity index (χ3v) is 7.35. The molecule has 1 N–H and O–H groups in total. The van der Waals surface area contributed by atoms with E-state index in [1.807, 2.05) is 31.2 Å². The number of hydrogen-bond donors (Lipinski definition) is 1. The summed E-state index contributed by atoms with van der Waals surface area (Å²) in [5.74, 6) is -0.417. The minimum atomic E-state index is -3.38. The highest BCUT2D eigenvalue weighted by Gasteiger charge is 2.31. The Morgan fingerprint density at radius 2 is 1.80 bits per heavy atom. The van der Waals surface area contributed by atoms with Crippen molar-refractivity contribution in [3.63, 3.8) is 0 Å². The molecule has 0 saturated carbocycles. The number of nitrogens with zero attached hydrogens (tertiary/aromatic N) is 1. The van der Waals surface area contributed by atoms with Crippen LogP contribution in [0.3, 0.4) is 0 Å². The van der Waals surface area contributed by atoms with E-state index in [2.05, 4.69) is 5.32 Å². The monoisotopic (exact) mass is 432 g/mol. The van der Waals surface area contributed by atoms with Gasteiger partial charge < -0.3 is 5.32 Å². The zero-order valence-electron chi connectivity index (χ0n) is 17.3. The van der Waals surface area contributed by atoms with Crippen LogP contribution in [0.15, 0.2) is 48.5 Å². The van der Waals surface area contributed by atoms with Gasteiger partial charge in [0.05, 0.1) is 5.75 Å². The Bertz CT molecular complexity index is 953. The number of halogens is 1. The van der Waals surface area contributed by atoms with Crippen LogP contribution < -0.4 is 5.32 Å². The fourth-order valence-corrected chi connectivity index (χ4v) is 5.35. The van der Waals surface area contributed by atoms with Gasteiger partial charge in [0.1, 0.15) is 5.82 Å². The number of benzene rings is 2. The van der Waals surface area contributed by atoms with Crippen molar-refractivity contribution in [2.75, 3.05) is 19.6 Å². The molecule has 3 rings (SSSR count). The third kappa shape index (κ3) is 6.37. The second kappa shape index (κ2) is 10.2. The molecule has 1 aliphatic heterocycles. The van der Waals surface area contributed by atoms with Crippen LogP contribution in [0.5, 0.6) is 0 Å². The smallest absolute Gasteiger partial charge is 0.223 e. The molecule has 2 aromatic carbocycles. The molecule has 1 aliphatic rings. The Hall–Kier alpha value is -2.25. The van der Waals surface area contributed by atoms with Crippen molar-refractivity contribution in [1.29, 1.82) is 0 Å². The van der Waals surface area contributed by atoms with E-state index in [4.69, 9.17) is 0 Å². The largest absolute Gasteiger partial charge is 0.356 e. The maximum atomic E-state index is 12.9. The van der Waals surface area contributed by atoms with Crippen molar-refractivity contribution in [3.05, 3.63) is 71.0 Å². The molecule has 1 heterocycles. The fourth-order valence-electron chi connectivity index (χ4n) is 3.80. The summed E-state index contributed by atoms with van der Waals surface area (Å²) in [5, 5.41) is 2.95. The van der Waals surface area contributed by atoms with Gasteiger partial charge in [-0.1, -0.05) is 42.0 Å². The molecular formula is C23H29FN2O3S. The summed E-state index contributed by atoms with van der Waals surface area (Å²) in [6.07, 6.45) is 2.63. The van der Waals surface area contributed by atoms with Gasteiger partial charge in [0.25, 0.3) is 0 Å². The normalized spacial score (nSPS) is 15.8. The van der Waals surface area contributed by atoms with Crippen LogP contribution in [-0.4, -0.2) is 38.3 Å². The number of carbonyl (C=O) groups is 1. The van der Waals surface area contributed by atoms with E-state index in [9.17, 15) is 17.6 Å². The molecular weight excluding hydrogens is 403 g/mol. The summed E-state index contributed by atoms with van der Waals surface area (Å²) in [6, 6.07) is 13.9. The van der Waals surface area contributed by atoms with Crippen molar-refractivity contribution in [2.24, 2.45) is 5.92 Å². The van der Waals surface area contributed by atoms with Crippen LogP contribution in [0.2, 0.25) is 0 Å². The molecule has 0 unspecified atom stereocenters. The van der Waals surface area contributed by atoms with Gasteiger partial charge in [-0.3, -0.25) is 4.79 Å². The number of amides is 1. The van der Waals surface area contributed by atoms with Gasteiger partial charge in [-0.15, -0.1) is 0 Å². The lowest BCUT2D eigenvalue weighted by Gasteiger charge is -2.30. The average molecular weight is 433 g/mol. The molecule has 1 saturated heterocycles. The van der Waals surface area contributed by atoms with Crippen molar-refractivity contribution in [1.82, 2.24) is 9.62 Å². The Labute approximate surface area is 178 Å². The van der Waals surface area contributed by atoms with E-state index in [0.717, 1.165) is 29.5 Å². The SMILES string of the molecule is Cc1cccc(CS(=O)(=O)N2CCC(C(=O)NCCCc3ccc(F)cc3)CC2)c1. The first-order valence-electron chi connectivity index (χ1n) is 10.4. The second-order valence-electron chi connectivity index (χ2n) is 7.94. The molecule has 0 atom stereocenters. The van der Waals surface area contributed by atoms with E-state index in [-0.39, 0.29) is 23.4 Å². The maximum Gasteiger partial charge on any atom is 0.223 e. The Morgan fingerprint density at radius 3 is 2.47 bits per heavy atom.